The van der Waals surface area contributed by atoms with Crippen LogP contribution in [0.2, 0.25) is 0 Å². The molecule has 1 heterocycles. The first-order chi connectivity index (χ1) is 4.47. The molecule has 1 aliphatic heterocycles. The molecule has 9 heavy (non-hydrogen) atoms. The molecule has 0 bridgehead atoms. The lowest BCUT2D eigenvalue weighted by molar-refractivity contribution is 0.652. The van der Waals surface area contributed by atoms with E-state index in [1.807, 2.05) is 0 Å². The van der Waals surface area contributed by atoms with E-state index >= 15 is 0 Å². The van der Waals surface area contributed by atoms with Crippen molar-refractivity contribution >= 4 is 0 Å². The van der Waals surface area contributed by atoms with Gasteiger partial charge in [-0.25, -0.2) is 0 Å². The van der Waals surface area contributed by atoms with Crippen LogP contribution in [0.5, 0.6) is 0 Å². The van der Waals surface area contributed by atoms with Crippen LogP contribution in [-0.4, -0.2) is 13.1 Å². The van der Waals surface area contributed by atoms with Crippen molar-refractivity contribution in [1.29, 1.82) is 0 Å². The molecule has 0 atom stereocenters. The fourth-order valence-corrected chi connectivity index (χ4v) is 1.66. The molecule has 0 unspecified atom stereocenters. The monoisotopic (exact) mass is 123 g/mol. The van der Waals surface area contributed by atoms with Gasteiger partial charge in [-0.05, 0) is 31.3 Å². The minimum atomic E-state index is 1.19. The molecule has 1 heteroatoms. The van der Waals surface area contributed by atoms with Gasteiger partial charge >= 0.3 is 0 Å². The second-order valence-corrected chi connectivity index (χ2v) is 3.02. The van der Waals surface area contributed by atoms with Crippen LogP contribution in [-0.2, 0) is 0 Å². The van der Waals surface area contributed by atoms with Crippen molar-refractivity contribution in [1.82, 2.24) is 5.32 Å². The van der Waals surface area contributed by atoms with Gasteiger partial charge in [-0.2, -0.15) is 0 Å². The van der Waals surface area contributed by atoms with E-state index in [1.165, 1.54) is 38.8 Å². The standard InChI is InChI=1S/C8H13N/c1-2-4-7(3-1)8-5-9-6-8/h9H,1-6H2. The number of hydrogen-bond acceptors (Lipinski definition) is 1. The van der Waals surface area contributed by atoms with Crippen molar-refractivity contribution in [2.45, 2.75) is 25.7 Å². The molecule has 0 spiro atoms. The first-order valence-corrected chi connectivity index (χ1v) is 3.87. The maximum absolute atomic E-state index is 3.28. The minimum absolute atomic E-state index is 1.19. The summed E-state index contributed by atoms with van der Waals surface area (Å²) in [4.78, 5) is 0. The average molecular weight is 123 g/mol. The molecule has 1 aliphatic carbocycles. The Labute approximate surface area is 56.1 Å². The molecule has 0 amide bonds. The van der Waals surface area contributed by atoms with Gasteiger partial charge in [0.2, 0.25) is 0 Å². The summed E-state index contributed by atoms with van der Waals surface area (Å²) >= 11 is 0. The molecule has 1 nitrogen and oxygen atoms in total. The second-order valence-electron chi connectivity index (χ2n) is 3.02. The van der Waals surface area contributed by atoms with E-state index in [1.54, 1.807) is 11.1 Å². The number of rotatable bonds is 0. The van der Waals surface area contributed by atoms with Gasteiger partial charge in [0.25, 0.3) is 0 Å². The largest absolute Gasteiger partial charge is 0.309 e. The highest BCUT2D eigenvalue weighted by Crippen LogP contribution is 2.27. The number of allylic oxidation sites excluding steroid dienone is 1. The molecule has 50 valence electrons. The van der Waals surface area contributed by atoms with Gasteiger partial charge in [0.05, 0.1) is 0 Å². The van der Waals surface area contributed by atoms with Crippen LogP contribution in [0, 0.1) is 0 Å². The third-order valence-electron chi connectivity index (χ3n) is 2.38. The van der Waals surface area contributed by atoms with Gasteiger partial charge in [0.15, 0.2) is 0 Å². The topological polar surface area (TPSA) is 12.0 Å². The van der Waals surface area contributed by atoms with Crippen molar-refractivity contribution < 1.29 is 0 Å². The third-order valence-corrected chi connectivity index (χ3v) is 2.38. The van der Waals surface area contributed by atoms with E-state index in [-0.39, 0.29) is 0 Å². The average Bonchev–Trinajstić information content (AvgIpc) is 2.11. The fourth-order valence-electron chi connectivity index (χ4n) is 1.66. The molecule has 2 fully saturated rings. The fraction of sp³-hybridized carbons (Fsp3) is 0.750. The van der Waals surface area contributed by atoms with Gasteiger partial charge < -0.3 is 5.32 Å². The zero-order chi connectivity index (χ0) is 6.10. The van der Waals surface area contributed by atoms with Gasteiger partial charge in [-0.1, -0.05) is 5.57 Å². The van der Waals surface area contributed by atoms with Gasteiger partial charge in [0, 0.05) is 13.1 Å². The molecule has 0 radical (unpaired) electrons. The van der Waals surface area contributed by atoms with E-state index < -0.39 is 0 Å². The smallest absolute Gasteiger partial charge is 0.0183 e. The predicted octanol–water partition coefficient (Wildman–Crippen LogP) is 1.46. The highest BCUT2D eigenvalue weighted by Gasteiger charge is 2.16. The highest BCUT2D eigenvalue weighted by molar-refractivity contribution is 5.24. The molecule has 2 aliphatic rings. The van der Waals surface area contributed by atoms with E-state index in [9.17, 15) is 0 Å². The molecule has 0 aromatic rings. The van der Waals surface area contributed by atoms with Crippen molar-refractivity contribution in [3.05, 3.63) is 11.1 Å². The van der Waals surface area contributed by atoms with Gasteiger partial charge in [-0.3, -0.25) is 0 Å². The van der Waals surface area contributed by atoms with Crippen molar-refractivity contribution in [3.63, 3.8) is 0 Å². The maximum atomic E-state index is 3.28. The molecule has 0 aromatic carbocycles. The first kappa shape index (κ1) is 5.48. The van der Waals surface area contributed by atoms with E-state index in [0.29, 0.717) is 0 Å². The normalized spacial score (nSPS) is 26.7. The zero-order valence-corrected chi connectivity index (χ0v) is 5.74. The molecule has 1 saturated carbocycles. The van der Waals surface area contributed by atoms with E-state index in [0.717, 1.165) is 0 Å². The summed E-state index contributed by atoms with van der Waals surface area (Å²) in [5.74, 6) is 0. The summed E-state index contributed by atoms with van der Waals surface area (Å²) in [6, 6.07) is 0. The summed E-state index contributed by atoms with van der Waals surface area (Å²) in [6.07, 6.45) is 5.69. The van der Waals surface area contributed by atoms with E-state index in [4.69, 9.17) is 0 Å². The first-order valence-electron chi connectivity index (χ1n) is 3.87. The Balaban J connectivity index is 2.08. The molecule has 1 N–H and O–H groups in total. The molecule has 2 rings (SSSR count). The van der Waals surface area contributed by atoms with E-state index in [2.05, 4.69) is 5.32 Å². The lowest BCUT2D eigenvalue weighted by atomic mass is 10.0. The lowest BCUT2D eigenvalue weighted by Gasteiger charge is -2.21. The van der Waals surface area contributed by atoms with Crippen LogP contribution in [0.4, 0.5) is 0 Å². The Kier molecular flexibility index (Phi) is 1.31. The molecular weight excluding hydrogens is 110 g/mol. The molecule has 0 aromatic heterocycles. The number of hydrogen-bond donors (Lipinski definition) is 1. The van der Waals surface area contributed by atoms with Crippen molar-refractivity contribution in [3.8, 4) is 0 Å². The van der Waals surface area contributed by atoms with Crippen LogP contribution >= 0.6 is 0 Å². The van der Waals surface area contributed by atoms with Gasteiger partial charge in [0.1, 0.15) is 0 Å². The number of nitrogens with one attached hydrogen (secondary N) is 1. The van der Waals surface area contributed by atoms with Crippen LogP contribution in [0.1, 0.15) is 25.7 Å². The Morgan fingerprint density at radius 3 is 2.00 bits per heavy atom. The SMILES string of the molecule is C1CCC(=C2CNC2)C1. The Morgan fingerprint density at radius 1 is 0.889 bits per heavy atom. The maximum Gasteiger partial charge on any atom is 0.0183 e. The highest BCUT2D eigenvalue weighted by atomic mass is 14.9. The predicted molar refractivity (Wildman–Crippen MR) is 38.4 cm³/mol. The summed E-state index contributed by atoms with van der Waals surface area (Å²) in [5, 5.41) is 3.28. The second kappa shape index (κ2) is 2.14. The summed E-state index contributed by atoms with van der Waals surface area (Å²) < 4.78 is 0. The third kappa shape index (κ3) is 0.897. The van der Waals surface area contributed by atoms with Crippen molar-refractivity contribution in [2.75, 3.05) is 13.1 Å². The Hall–Kier alpha value is -0.300. The summed E-state index contributed by atoms with van der Waals surface area (Å²) in [5.41, 5.74) is 3.49. The van der Waals surface area contributed by atoms with Crippen LogP contribution < -0.4 is 5.32 Å². The quantitative estimate of drug-likeness (QED) is 0.481. The Morgan fingerprint density at radius 2 is 1.56 bits per heavy atom. The summed E-state index contributed by atoms with van der Waals surface area (Å²) in [7, 11) is 0. The van der Waals surface area contributed by atoms with Crippen molar-refractivity contribution in [2.24, 2.45) is 0 Å². The minimum Gasteiger partial charge on any atom is -0.309 e. The van der Waals surface area contributed by atoms with Crippen LogP contribution in [0.15, 0.2) is 11.1 Å². The zero-order valence-electron chi connectivity index (χ0n) is 5.74. The molecule has 1 saturated heterocycles. The Bertz CT molecular complexity index is 133. The summed E-state index contributed by atoms with van der Waals surface area (Å²) in [6.45, 7) is 2.38. The lowest BCUT2D eigenvalue weighted by Crippen LogP contribution is -2.34. The van der Waals surface area contributed by atoms with Crippen LogP contribution in [0.25, 0.3) is 0 Å². The van der Waals surface area contributed by atoms with Gasteiger partial charge in [-0.15, -0.1) is 0 Å². The molecular formula is C8H13N. The van der Waals surface area contributed by atoms with Crippen LogP contribution in [0.3, 0.4) is 0 Å².